The first-order valence-corrected chi connectivity index (χ1v) is 12.2. The van der Waals surface area contributed by atoms with Crippen LogP contribution in [0, 0.1) is 5.82 Å². The quantitative estimate of drug-likeness (QED) is 0.453. The second kappa shape index (κ2) is 8.32. The number of carbonyl (C=O) groups excluding carboxylic acids is 2. The lowest BCUT2D eigenvalue weighted by Crippen LogP contribution is -2.31. The lowest BCUT2D eigenvalue weighted by molar-refractivity contribution is 0.0803. The van der Waals surface area contributed by atoms with E-state index < -0.39 is 21.6 Å². The summed E-state index contributed by atoms with van der Waals surface area (Å²) in [6.07, 6.45) is 1.12. The maximum absolute atomic E-state index is 14.6. The zero-order valence-corrected chi connectivity index (χ0v) is 18.9. The van der Waals surface area contributed by atoms with Gasteiger partial charge in [-0.25, -0.2) is 12.8 Å². The highest BCUT2D eigenvalue weighted by Gasteiger charge is 2.20. The Hall–Kier alpha value is -3.72. The monoisotopic (exact) mass is 467 g/mol. The van der Waals surface area contributed by atoms with E-state index in [1.807, 2.05) is 0 Å². The minimum absolute atomic E-state index is 0.0612. The number of hydrogen-bond donors (Lipinski definition) is 2. The van der Waals surface area contributed by atoms with Crippen LogP contribution in [0.5, 0.6) is 0 Å². The van der Waals surface area contributed by atoms with Crippen LogP contribution in [-0.4, -0.2) is 55.7 Å². The summed E-state index contributed by atoms with van der Waals surface area (Å²) >= 11 is 0. The molecule has 7 nitrogen and oxygen atoms in total. The fourth-order valence-electron chi connectivity index (χ4n) is 3.88. The molecule has 0 saturated heterocycles. The molecule has 0 fully saturated rings. The molecule has 2 amide bonds. The Morgan fingerprint density at radius 1 is 1.06 bits per heavy atom. The normalized spacial score (nSPS) is 11.7. The third-order valence-corrected chi connectivity index (χ3v) is 6.50. The van der Waals surface area contributed by atoms with Crippen molar-refractivity contribution in [3.63, 3.8) is 0 Å². The molecule has 1 heterocycles. The van der Waals surface area contributed by atoms with Gasteiger partial charge < -0.3 is 15.6 Å². The van der Waals surface area contributed by atoms with Crippen LogP contribution in [0.3, 0.4) is 0 Å². The van der Waals surface area contributed by atoms with E-state index in [-0.39, 0.29) is 23.8 Å². The molecule has 4 rings (SSSR count). The predicted octanol–water partition coefficient (Wildman–Crippen LogP) is 3.34. The molecule has 0 unspecified atom stereocenters. The molecule has 0 aliphatic rings. The molecular weight excluding hydrogens is 445 g/mol. The van der Waals surface area contributed by atoms with Crippen molar-refractivity contribution in [3.05, 3.63) is 71.5 Å². The Bertz CT molecular complexity index is 1530. The summed E-state index contributed by atoms with van der Waals surface area (Å²) < 4.78 is 37.4. The SMILES string of the molecule is CN(CCS(C)(=O)=O)C(=O)c1ccc2c(c1)[nH]c1c(C(N)=O)ccc(-c3ccccc3F)c12. The van der Waals surface area contributed by atoms with E-state index in [2.05, 4.69) is 4.98 Å². The molecule has 170 valence electrons. The van der Waals surface area contributed by atoms with Crippen LogP contribution >= 0.6 is 0 Å². The molecule has 1 aromatic heterocycles. The molecule has 0 atom stereocenters. The van der Waals surface area contributed by atoms with E-state index in [4.69, 9.17) is 5.73 Å². The van der Waals surface area contributed by atoms with Crippen molar-refractivity contribution in [2.45, 2.75) is 0 Å². The number of halogens is 1. The number of nitrogens with zero attached hydrogens (tertiary/aromatic N) is 1. The zero-order valence-electron chi connectivity index (χ0n) is 18.1. The number of aromatic amines is 1. The number of fused-ring (bicyclic) bond motifs is 3. The van der Waals surface area contributed by atoms with E-state index in [0.29, 0.717) is 38.5 Å². The van der Waals surface area contributed by atoms with Gasteiger partial charge in [-0.15, -0.1) is 0 Å². The van der Waals surface area contributed by atoms with Crippen LogP contribution in [0.2, 0.25) is 0 Å². The van der Waals surface area contributed by atoms with E-state index >= 15 is 0 Å². The average molecular weight is 468 g/mol. The number of sulfone groups is 1. The van der Waals surface area contributed by atoms with Crippen molar-refractivity contribution in [1.82, 2.24) is 9.88 Å². The van der Waals surface area contributed by atoms with Crippen LogP contribution in [0.15, 0.2) is 54.6 Å². The summed E-state index contributed by atoms with van der Waals surface area (Å²) in [4.78, 5) is 29.4. The van der Waals surface area contributed by atoms with Gasteiger partial charge >= 0.3 is 0 Å². The number of nitrogens with two attached hydrogens (primary N) is 1. The molecule has 3 aromatic carbocycles. The van der Waals surface area contributed by atoms with E-state index in [9.17, 15) is 22.4 Å². The third-order valence-electron chi connectivity index (χ3n) is 5.57. The van der Waals surface area contributed by atoms with E-state index in [0.717, 1.165) is 6.26 Å². The van der Waals surface area contributed by atoms with Gasteiger partial charge in [0.05, 0.1) is 16.8 Å². The molecule has 0 spiro atoms. The van der Waals surface area contributed by atoms with Crippen LogP contribution < -0.4 is 5.73 Å². The van der Waals surface area contributed by atoms with Gasteiger partial charge in [0.25, 0.3) is 11.8 Å². The van der Waals surface area contributed by atoms with Crippen LogP contribution in [0.25, 0.3) is 32.9 Å². The molecule has 0 aliphatic heterocycles. The fraction of sp³-hybridized carbons (Fsp3) is 0.167. The van der Waals surface area contributed by atoms with E-state index in [1.54, 1.807) is 48.5 Å². The van der Waals surface area contributed by atoms with Crippen molar-refractivity contribution in [1.29, 1.82) is 0 Å². The van der Waals surface area contributed by atoms with Crippen LogP contribution in [0.4, 0.5) is 4.39 Å². The van der Waals surface area contributed by atoms with Gasteiger partial charge in [-0.3, -0.25) is 9.59 Å². The molecular formula is C24H22FN3O4S. The summed E-state index contributed by atoms with van der Waals surface area (Å²) in [5.41, 5.74) is 8.14. The van der Waals surface area contributed by atoms with Gasteiger partial charge in [-0.05, 0) is 29.8 Å². The molecule has 0 bridgehead atoms. The zero-order chi connectivity index (χ0) is 23.9. The summed E-state index contributed by atoms with van der Waals surface area (Å²) in [6.45, 7) is 0.0612. The maximum atomic E-state index is 14.6. The van der Waals surface area contributed by atoms with Gasteiger partial charge in [0, 0.05) is 47.3 Å². The minimum atomic E-state index is -3.21. The topological polar surface area (TPSA) is 113 Å². The maximum Gasteiger partial charge on any atom is 0.253 e. The standard InChI is InChI=1S/C24H22FN3O4S/c1-28(11-12-33(2,31)32)24(30)14-7-8-17-20(13-14)27-22-18(23(26)29)10-9-16(21(17)22)15-5-3-4-6-19(15)25/h3-10,13,27H,11-12H2,1-2H3,(H2,26,29). The minimum Gasteiger partial charge on any atom is -0.366 e. The lowest BCUT2D eigenvalue weighted by Gasteiger charge is -2.16. The van der Waals surface area contributed by atoms with Crippen molar-refractivity contribution in [2.24, 2.45) is 5.73 Å². The number of primary amides is 1. The molecule has 4 aromatic rings. The Balaban J connectivity index is 1.87. The number of hydrogen-bond acceptors (Lipinski definition) is 4. The summed E-state index contributed by atoms with van der Waals surface area (Å²) in [7, 11) is -1.68. The largest absolute Gasteiger partial charge is 0.366 e. The Morgan fingerprint density at radius 3 is 2.45 bits per heavy atom. The van der Waals surface area contributed by atoms with Crippen molar-refractivity contribution in [2.75, 3.05) is 25.6 Å². The number of rotatable bonds is 6. The van der Waals surface area contributed by atoms with Crippen molar-refractivity contribution in [3.8, 4) is 11.1 Å². The highest BCUT2D eigenvalue weighted by atomic mass is 32.2. The van der Waals surface area contributed by atoms with Gasteiger partial charge in [-0.2, -0.15) is 0 Å². The number of nitrogens with one attached hydrogen (secondary N) is 1. The smallest absolute Gasteiger partial charge is 0.253 e. The van der Waals surface area contributed by atoms with Crippen LogP contribution in [-0.2, 0) is 9.84 Å². The van der Waals surface area contributed by atoms with Crippen molar-refractivity contribution >= 4 is 43.5 Å². The second-order valence-electron chi connectivity index (χ2n) is 8.00. The first-order chi connectivity index (χ1) is 15.6. The first-order valence-electron chi connectivity index (χ1n) is 10.1. The first kappa shape index (κ1) is 22.5. The summed E-state index contributed by atoms with van der Waals surface area (Å²) in [6, 6.07) is 14.5. The highest BCUT2D eigenvalue weighted by molar-refractivity contribution is 7.90. The molecule has 0 radical (unpaired) electrons. The molecule has 0 aliphatic carbocycles. The predicted molar refractivity (Wildman–Crippen MR) is 126 cm³/mol. The van der Waals surface area contributed by atoms with Crippen molar-refractivity contribution < 1.29 is 22.4 Å². The number of carbonyl (C=O) groups is 2. The molecule has 3 N–H and O–H groups in total. The highest BCUT2D eigenvalue weighted by Crippen LogP contribution is 2.37. The van der Waals surface area contributed by atoms with Gasteiger partial charge in [0.1, 0.15) is 15.7 Å². The Labute approximate surface area is 189 Å². The molecule has 33 heavy (non-hydrogen) atoms. The Morgan fingerprint density at radius 2 is 1.79 bits per heavy atom. The number of amides is 2. The summed E-state index contributed by atoms with van der Waals surface area (Å²) in [5, 5.41) is 1.32. The number of H-pyrrole nitrogens is 1. The second-order valence-corrected chi connectivity index (χ2v) is 10.3. The van der Waals surface area contributed by atoms with Gasteiger partial charge in [-0.1, -0.05) is 30.3 Å². The average Bonchev–Trinajstić information content (AvgIpc) is 3.14. The van der Waals surface area contributed by atoms with E-state index in [1.165, 1.54) is 18.0 Å². The molecule has 9 heteroatoms. The van der Waals surface area contributed by atoms with Crippen LogP contribution in [0.1, 0.15) is 20.7 Å². The Kier molecular flexibility index (Phi) is 5.67. The fourth-order valence-corrected chi connectivity index (χ4v) is 4.49. The van der Waals surface area contributed by atoms with Gasteiger partial charge in [0.15, 0.2) is 0 Å². The summed E-state index contributed by atoms with van der Waals surface area (Å²) in [5.74, 6) is -1.52. The molecule has 0 saturated carbocycles. The van der Waals surface area contributed by atoms with Gasteiger partial charge in [0.2, 0.25) is 0 Å². The third kappa shape index (κ3) is 4.31. The number of benzene rings is 3. The number of aromatic nitrogens is 1. The lowest BCUT2D eigenvalue weighted by atomic mass is 9.96.